The molecule has 1 amide bonds. The summed E-state index contributed by atoms with van der Waals surface area (Å²) in [7, 11) is 1.32. The van der Waals surface area contributed by atoms with Crippen LogP contribution in [0.15, 0.2) is 23.1 Å². The molecule has 5 heterocycles. The summed E-state index contributed by atoms with van der Waals surface area (Å²) in [5.74, 6) is 1.02. The summed E-state index contributed by atoms with van der Waals surface area (Å²) in [5.41, 5.74) is 0.955. The van der Waals surface area contributed by atoms with Crippen LogP contribution in [0.25, 0.3) is 11.0 Å². The van der Waals surface area contributed by atoms with Gasteiger partial charge in [-0.3, -0.25) is 5.32 Å². The van der Waals surface area contributed by atoms with E-state index in [1.165, 1.54) is 13.5 Å². The Morgan fingerprint density at radius 2 is 2.09 bits per heavy atom. The third-order valence-corrected chi connectivity index (χ3v) is 9.51. The highest BCUT2D eigenvalue weighted by molar-refractivity contribution is 7.99. The van der Waals surface area contributed by atoms with Crippen LogP contribution in [-0.2, 0) is 24.0 Å². The van der Waals surface area contributed by atoms with Crippen LogP contribution in [-0.4, -0.2) is 46.3 Å². The van der Waals surface area contributed by atoms with Crippen LogP contribution in [0, 0.1) is 23.7 Å². The van der Waals surface area contributed by atoms with Crippen LogP contribution in [0.3, 0.4) is 0 Å². The molecule has 4 saturated heterocycles. The number of carbonyl (C=O) groups excluding carboxylic acids is 1. The highest BCUT2D eigenvalue weighted by atomic mass is 32.2. The van der Waals surface area contributed by atoms with E-state index >= 15 is 0 Å². The number of nitrogens with one attached hydrogen (secondary N) is 2. The number of anilines is 1. The second-order valence-corrected chi connectivity index (χ2v) is 11.4. The van der Waals surface area contributed by atoms with Gasteiger partial charge in [0.1, 0.15) is 5.44 Å². The Kier molecular flexibility index (Phi) is 5.38. The quantitative estimate of drug-likeness (QED) is 0.578. The van der Waals surface area contributed by atoms with Crippen LogP contribution >= 0.6 is 11.8 Å². The zero-order chi connectivity index (χ0) is 23.7. The lowest BCUT2D eigenvalue weighted by atomic mass is 9.58. The van der Waals surface area contributed by atoms with Crippen molar-refractivity contribution in [1.29, 1.82) is 0 Å². The van der Waals surface area contributed by atoms with Gasteiger partial charge in [-0.2, -0.15) is 0 Å². The van der Waals surface area contributed by atoms with E-state index in [0.717, 1.165) is 35.2 Å². The van der Waals surface area contributed by atoms with Crippen molar-refractivity contribution in [2.24, 2.45) is 23.7 Å². The maximum absolute atomic E-state index is 11.5. The smallest absolute Gasteiger partial charge is 0.413 e. The van der Waals surface area contributed by atoms with E-state index < -0.39 is 23.8 Å². The number of thioether (sulfide) groups is 1. The average molecular weight is 490 g/mol. The Morgan fingerprint density at radius 3 is 2.91 bits per heavy atom. The van der Waals surface area contributed by atoms with Gasteiger partial charge in [0.05, 0.1) is 18.1 Å². The molecule has 9 nitrogen and oxygen atoms in total. The molecule has 34 heavy (non-hydrogen) atoms. The number of hydrogen-bond acceptors (Lipinski definition) is 8. The van der Waals surface area contributed by atoms with E-state index in [1.807, 2.05) is 25.1 Å². The van der Waals surface area contributed by atoms with Gasteiger partial charge in [0.25, 0.3) is 0 Å². The number of aromatic nitrogens is 2. The first-order chi connectivity index (χ1) is 16.3. The summed E-state index contributed by atoms with van der Waals surface area (Å²) in [6, 6.07) is 6.00. The molecular weight excluding hydrogens is 458 g/mol. The molecule has 5 aliphatic rings. The molecule has 2 bridgehead atoms. The maximum atomic E-state index is 11.5. The lowest BCUT2D eigenvalue weighted by molar-refractivity contribution is -0.568. The molecule has 2 aromatic rings. The topological polar surface area (TPSA) is 104 Å². The summed E-state index contributed by atoms with van der Waals surface area (Å²) in [4.78, 5) is 32.2. The molecule has 1 aromatic carbocycles. The molecule has 1 aromatic heterocycles. The van der Waals surface area contributed by atoms with E-state index in [4.69, 9.17) is 19.2 Å². The Morgan fingerprint density at radius 1 is 1.24 bits per heavy atom. The van der Waals surface area contributed by atoms with Crippen molar-refractivity contribution in [3.8, 4) is 0 Å². The van der Waals surface area contributed by atoms with E-state index in [-0.39, 0.29) is 11.4 Å². The minimum absolute atomic E-state index is 0.0886. The number of nitrogens with zero attached hydrogens (tertiary/aromatic N) is 1. The van der Waals surface area contributed by atoms with E-state index in [0.29, 0.717) is 23.7 Å². The number of fused-ring (bicyclic) bond motifs is 3. The molecule has 5 fully saturated rings. The summed E-state index contributed by atoms with van der Waals surface area (Å²) in [6.07, 6.45) is 3.07. The average Bonchev–Trinajstić information content (AvgIpc) is 3.07. The predicted octanol–water partition coefficient (Wildman–Crippen LogP) is 5.04. The zero-order valence-electron chi connectivity index (χ0n) is 19.8. The van der Waals surface area contributed by atoms with Crippen molar-refractivity contribution in [3.63, 3.8) is 0 Å². The minimum Gasteiger partial charge on any atom is -0.453 e. The Bertz CT molecular complexity index is 1110. The van der Waals surface area contributed by atoms with E-state index in [1.54, 1.807) is 11.8 Å². The van der Waals surface area contributed by atoms with Crippen molar-refractivity contribution in [3.05, 3.63) is 18.2 Å². The second-order valence-electron chi connectivity index (χ2n) is 10.3. The fourth-order valence-electron chi connectivity index (χ4n) is 6.41. The van der Waals surface area contributed by atoms with Crippen LogP contribution in [0.1, 0.15) is 46.5 Å². The summed E-state index contributed by atoms with van der Waals surface area (Å²) < 4.78 is 17.8. The number of hydrogen-bond donors (Lipinski definition) is 2. The number of aromatic amines is 1. The zero-order valence-corrected chi connectivity index (χ0v) is 20.6. The lowest BCUT2D eigenvalue weighted by Crippen LogP contribution is -2.70. The van der Waals surface area contributed by atoms with E-state index in [9.17, 15) is 4.79 Å². The molecule has 0 radical (unpaired) electrons. The predicted molar refractivity (Wildman–Crippen MR) is 125 cm³/mol. The normalized spacial score (nSPS) is 41.1. The van der Waals surface area contributed by atoms with Crippen molar-refractivity contribution >= 4 is 34.8 Å². The van der Waals surface area contributed by atoms with Crippen LogP contribution < -0.4 is 5.32 Å². The minimum atomic E-state index is -0.773. The third-order valence-electron chi connectivity index (χ3n) is 8.21. The summed E-state index contributed by atoms with van der Waals surface area (Å²) in [5, 5.41) is 2.57. The number of ether oxygens (including phenoxy) is 3. The summed E-state index contributed by atoms with van der Waals surface area (Å²) >= 11 is 1.69. The lowest BCUT2D eigenvalue weighted by Gasteiger charge is -2.60. The van der Waals surface area contributed by atoms with Crippen molar-refractivity contribution in [2.45, 2.75) is 74.5 Å². The Balaban J connectivity index is 1.27. The highest BCUT2D eigenvalue weighted by Crippen LogP contribution is 2.61. The number of amides is 1. The third kappa shape index (κ3) is 3.45. The molecule has 7 rings (SSSR count). The van der Waals surface area contributed by atoms with Gasteiger partial charge >= 0.3 is 6.09 Å². The largest absolute Gasteiger partial charge is 0.453 e. The van der Waals surface area contributed by atoms with Gasteiger partial charge in [-0.05, 0) is 62.1 Å². The van der Waals surface area contributed by atoms with Crippen LogP contribution in [0.2, 0.25) is 0 Å². The number of rotatable bonds is 3. The second kappa shape index (κ2) is 8.09. The molecule has 4 aliphatic heterocycles. The number of carbonyl (C=O) groups is 1. The molecule has 2 unspecified atom stereocenters. The first-order valence-corrected chi connectivity index (χ1v) is 12.9. The van der Waals surface area contributed by atoms with Crippen molar-refractivity contribution in [2.75, 3.05) is 12.4 Å². The molecule has 10 heteroatoms. The van der Waals surface area contributed by atoms with Crippen LogP contribution in [0.5, 0.6) is 0 Å². The highest BCUT2D eigenvalue weighted by Gasteiger charge is 2.69. The molecule has 1 spiro atoms. The Hall–Kier alpha value is -1.85. The van der Waals surface area contributed by atoms with Gasteiger partial charge in [-0.1, -0.05) is 25.6 Å². The Labute approximate surface area is 202 Å². The molecule has 184 valence electrons. The SMILES string of the molecule is COC(=O)Nc1nc2ccc(SC3O[C@@H]4O[C@@]5(C)CC[C@H]6[C@H](C)CCC([C@H]3C)[C@@]46OO5)cc2[nH]1. The molecule has 2 N–H and O–H groups in total. The van der Waals surface area contributed by atoms with Crippen molar-refractivity contribution < 1.29 is 28.8 Å². The van der Waals surface area contributed by atoms with Gasteiger partial charge in [0.15, 0.2) is 11.9 Å². The van der Waals surface area contributed by atoms with Gasteiger partial charge in [0.2, 0.25) is 11.7 Å². The molecule has 1 aliphatic carbocycles. The molecule has 8 atom stereocenters. The fraction of sp³-hybridized carbons (Fsp3) is 0.667. The number of imidazole rings is 1. The van der Waals surface area contributed by atoms with Gasteiger partial charge in [-0.25, -0.2) is 19.6 Å². The van der Waals surface area contributed by atoms with Gasteiger partial charge in [-0.15, -0.1) is 0 Å². The standard InChI is InChI=1S/C24H31N3O6S/c1-12-5-7-16-13(2)19(30-20-24(16)15(12)9-10-23(3,31-20)32-33-24)34-14-6-8-17-18(11-14)26-21(25-17)27-22(28)29-4/h6,8,11-13,15-16,19-20H,5,7,9-10H2,1-4H3,(H2,25,26,27,28)/t12-,13-,15+,16?,19?,20-,23-,24-/m1/s1. The first-order valence-electron chi connectivity index (χ1n) is 12.0. The number of H-pyrrole nitrogens is 1. The molecule has 1 saturated carbocycles. The van der Waals surface area contributed by atoms with Crippen molar-refractivity contribution in [1.82, 2.24) is 9.97 Å². The maximum Gasteiger partial charge on any atom is 0.413 e. The fourth-order valence-corrected chi connectivity index (χ4v) is 7.57. The monoisotopic (exact) mass is 489 g/mol. The van der Waals surface area contributed by atoms with Gasteiger partial charge < -0.3 is 19.2 Å². The number of benzene rings is 1. The first kappa shape index (κ1) is 22.6. The molecular formula is C24H31N3O6S. The van der Waals surface area contributed by atoms with Gasteiger partial charge in [0, 0.05) is 17.2 Å². The number of methoxy groups -OCH3 is 1. The van der Waals surface area contributed by atoms with E-state index in [2.05, 4.69) is 33.9 Å². The summed E-state index contributed by atoms with van der Waals surface area (Å²) in [6.45, 7) is 6.54. The van der Waals surface area contributed by atoms with Crippen LogP contribution in [0.4, 0.5) is 10.7 Å².